The first kappa shape index (κ1) is 8.27. The van der Waals surface area contributed by atoms with Crippen molar-refractivity contribution in [2.45, 2.75) is 19.9 Å². The molecule has 3 heteroatoms. The number of aromatic nitrogens is 2. The van der Waals surface area contributed by atoms with E-state index in [0.717, 1.165) is 12.4 Å². The summed E-state index contributed by atoms with van der Waals surface area (Å²) in [5.41, 5.74) is 0. The minimum Gasteiger partial charge on any atom is -0.347 e. The van der Waals surface area contributed by atoms with Gasteiger partial charge in [0.15, 0.2) is 0 Å². The third-order valence-corrected chi connectivity index (χ3v) is 2.08. The Hall–Kier alpha value is -0.830. The van der Waals surface area contributed by atoms with Gasteiger partial charge in [0.1, 0.15) is 5.82 Å². The van der Waals surface area contributed by atoms with Crippen molar-refractivity contribution in [3.05, 3.63) is 18.2 Å². The second-order valence-electron chi connectivity index (χ2n) is 2.72. The van der Waals surface area contributed by atoms with Crippen LogP contribution >= 0.6 is 0 Å². The van der Waals surface area contributed by atoms with E-state index < -0.39 is 0 Å². The number of hydrogen-bond acceptors (Lipinski definition) is 2. The molecule has 0 aliphatic carbocycles. The molecule has 0 amide bonds. The van der Waals surface area contributed by atoms with E-state index in [1.165, 1.54) is 0 Å². The Labute approximate surface area is 67.4 Å². The molecule has 11 heavy (non-hydrogen) atoms. The van der Waals surface area contributed by atoms with Gasteiger partial charge in [0.2, 0.25) is 0 Å². The summed E-state index contributed by atoms with van der Waals surface area (Å²) in [7, 11) is 2.09. The zero-order valence-corrected chi connectivity index (χ0v) is 7.33. The monoisotopic (exact) mass is 153 g/mol. The molecule has 1 aromatic rings. The minimum atomic E-state index is 0.384. The van der Waals surface area contributed by atoms with Crippen LogP contribution in [0, 0.1) is 0 Å². The summed E-state index contributed by atoms with van der Waals surface area (Å²) in [5.74, 6) is 1.04. The van der Waals surface area contributed by atoms with Crippen molar-refractivity contribution in [1.82, 2.24) is 14.9 Å². The molecule has 0 spiro atoms. The van der Waals surface area contributed by atoms with Crippen molar-refractivity contribution in [2.24, 2.45) is 0 Å². The number of imidazole rings is 1. The first-order valence-electron chi connectivity index (χ1n) is 3.95. The summed E-state index contributed by atoms with van der Waals surface area (Å²) in [5, 5.41) is 0. The molecule has 0 aliphatic heterocycles. The molecule has 0 saturated carbocycles. The maximum atomic E-state index is 4.19. The van der Waals surface area contributed by atoms with Gasteiger partial charge in [-0.2, -0.15) is 0 Å². The summed E-state index contributed by atoms with van der Waals surface area (Å²) in [6.07, 6.45) is 3.64. The van der Waals surface area contributed by atoms with Crippen LogP contribution in [0.4, 0.5) is 0 Å². The predicted molar refractivity (Wildman–Crippen MR) is 45.3 cm³/mol. The normalized spacial score (nSPS) is 13.8. The maximum absolute atomic E-state index is 4.19. The van der Waals surface area contributed by atoms with Gasteiger partial charge in [-0.05, 0) is 20.5 Å². The smallest absolute Gasteiger partial charge is 0.123 e. The fraction of sp³-hybridized carbons (Fsp3) is 0.625. The molecule has 0 aromatic carbocycles. The largest absolute Gasteiger partial charge is 0.347 e. The fourth-order valence-corrected chi connectivity index (χ4v) is 0.989. The second kappa shape index (κ2) is 3.53. The van der Waals surface area contributed by atoms with Crippen molar-refractivity contribution in [3.63, 3.8) is 0 Å². The zero-order chi connectivity index (χ0) is 8.27. The second-order valence-corrected chi connectivity index (χ2v) is 2.72. The van der Waals surface area contributed by atoms with E-state index in [0.29, 0.717) is 6.04 Å². The van der Waals surface area contributed by atoms with Crippen molar-refractivity contribution in [3.8, 4) is 0 Å². The number of nitrogens with zero attached hydrogens (tertiary/aromatic N) is 2. The molecule has 62 valence electrons. The summed E-state index contributed by atoms with van der Waals surface area (Å²) < 4.78 is 0. The van der Waals surface area contributed by atoms with Crippen LogP contribution < -0.4 is 0 Å². The molecular weight excluding hydrogens is 138 g/mol. The molecule has 1 N–H and O–H groups in total. The first-order valence-corrected chi connectivity index (χ1v) is 3.95. The highest BCUT2D eigenvalue weighted by molar-refractivity contribution is 4.93. The number of nitrogens with one attached hydrogen (secondary N) is 1. The summed E-state index contributed by atoms with van der Waals surface area (Å²) in [6, 6.07) is 0.384. The summed E-state index contributed by atoms with van der Waals surface area (Å²) in [6.45, 7) is 5.32. The van der Waals surface area contributed by atoms with Crippen molar-refractivity contribution < 1.29 is 0 Å². The fourth-order valence-electron chi connectivity index (χ4n) is 0.989. The Morgan fingerprint density at radius 3 is 2.91 bits per heavy atom. The van der Waals surface area contributed by atoms with Crippen LogP contribution in [0.1, 0.15) is 25.7 Å². The molecule has 3 nitrogen and oxygen atoms in total. The third kappa shape index (κ3) is 1.80. The molecule has 1 atom stereocenters. The third-order valence-electron chi connectivity index (χ3n) is 2.08. The highest BCUT2D eigenvalue weighted by Crippen LogP contribution is 2.12. The van der Waals surface area contributed by atoms with Crippen LogP contribution in [0.3, 0.4) is 0 Å². The van der Waals surface area contributed by atoms with Crippen LogP contribution in [0.15, 0.2) is 12.4 Å². The Bertz CT molecular complexity index is 193. The van der Waals surface area contributed by atoms with Gasteiger partial charge in [-0.1, -0.05) is 6.92 Å². The first-order chi connectivity index (χ1) is 5.25. The van der Waals surface area contributed by atoms with Crippen LogP contribution in [0.25, 0.3) is 0 Å². The highest BCUT2D eigenvalue weighted by Gasteiger charge is 2.10. The molecule has 0 bridgehead atoms. The van der Waals surface area contributed by atoms with Gasteiger partial charge >= 0.3 is 0 Å². The van der Waals surface area contributed by atoms with Gasteiger partial charge < -0.3 is 4.98 Å². The Balaban J connectivity index is 2.62. The van der Waals surface area contributed by atoms with Crippen molar-refractivity contribution in [1.29, 1.82) is 0 Å². The lowest BCUT2D eigenvalue weighted by Crippen LogP contribution is -2.22. The van der Waals surface area contributed by atoms with Gasteiger partial charge in [0.25, 0.3) is 0 Å². The van der Waals surface area contributed by atoms with Gasteiger partial charge in [-0.15, -0.1) is 0 Å². The van der Waals surface area contributed by atoms with Crippen LogP contribution in [0.5, 0.6) is 0 Å². The average molecular weight is 153 g/mol. The average Bonchev–Trinajstić information content (AvgIpc) is 2.53. The predicted octanol–water partition coefficient (Wildman–Crippen LogP) is 1.42. The standard InChI is InChI=1S/C8H15N3/c1-4-11(3)7(2)8-9-5-6-10-8/h5-7H,4H2,1-3H3,(H,9,10)/t7-/m0/s1. The topological polar surface area (TPSA) is 31.9 Å². The molecule has 1 heterocycles. The maximum Gasteiger partial charge on any atom is 0.123 e. The van der Waals surface area contributed by atoms with E-state index in [9.17, 15) is 0 Å². The Kier molecular flexibility index (Phi) is 2.65. The quantitative estimate of drug-likeness (QED) is 0.712. The van der Waals surface area contributed by atoms with Crippen LogP contribution in [-0.4, -0.2) is 28.5 Å². The van der Waals surface area contributed by atoms with E-state index in [4.69, 9.17) is 0 Å². The lowest BCUT2D eigenvalue weighted by Gasteiger charge is -2.20. The molecule has 0 unspecified atom stereocenters. The van der Waals surface area contributed by atoms with E-state index in [1.54, 1.807) is 6.20 Å². The molecule has 0 saturated heterocycles. The lowest BCUT2D eigenvalue weighted by atomic mass is 10.3. The molecule has 1 rings (SSSR count). The Morgan fingerprint density at radius 2 is 2.45 bits per heavy atom. The zero-order valence-electron chi connectivity index (χ0n) is 7.33. The van der Waals surface area contributed by atoms with Crippen LogP contribution in [-0.2, 0) is 0 Å². The van der Waals surface area contributed by atoms with Gasteiger partial charge in [-0.25, -0.2) is 4.98 Å². The minimum absolute atomic E-state index is 0.384. The SMILES string of the molecule is CCN(C)[C@@H](C)c1ncc[nH]1. The molecule has 0 fully saturated rings. The van der Waals surface area contributed by atoms with E-state index >= 15 is 0 Å². The van der Waals surface area contributed by atoms with Crippen molar-refractivity contribution in [2.75, 3.05) is 13.6 Å². The highest BCUT2D eigenvalue weighted by atomic mass is 15.1. The molecule has 0 aliphatic rings. The number of hydrogen-bond donors (Lipinski definition) is 1. The number of aromatic amines is 1. The summed E-state index contributed by atoms with van der Waals surface area (Å²) >= 11 is 0. The Morgan fingerprint density at radius 1 is 1.73 bits per heavy atom. The van der Waals surface area contributed by atoms with E-state index in [1.807, 2.05) is 6.20 Å². The van der Waals surface area contributed by atoms with Gasteiger partial charge in [0.05, 0.1) is 6.04 Å². The van der Waals surface area contributed by atoms with Crippen molar-refractivity contribution >= 4 is 0 Å². The van der Waals surface area contributed by atoms with E-state index in [2.05, 4.69) is 35.8 Å². The van der Waals surface area contributed by atoms with Gasteiger partial charge in [-0.3, -0.25) is 4.90 Å². The van der Waals surface area contributed by atoms with E-state index in [-0.39, 0.29) is 0 Å². The lowest BCUT2D eigenvalue weighted by molar-refractivity contribution is 0.267. The molecule has 1 aromatic heterocycles. The molecular formula is C8H15N3. The molecule has 0 radical (unpaired) electrons. The number of rotatable bonds is 3. The number of H-pyrrole nitrogens is 1. The van der Waals surface area contributed by atoms with Crippen LogP contribution in [0.2, 0.25) is 0 Å². The van der Waals surface area contributed by atoms with Gasteiger partial charge in [0, 0.05) is 12.4 Å². The summed E-state index contributed by atoms with van der Waals surface area (Å²) in [4.78, 5) is 9.52.